The van der Waals surface area contributed by atoms with Gasteiger partial charge in [0.05, 0.1) is 0 Å². The molecule has 1 aromatic carbocycles. The summed E-state index contributed by atoms with van der Waals surface area (Å²) in [6.45, 7) is 5.30. The van der Waals surface area contributed by atoms with Crippen molar-refractivity contribution in [3.05, 3.63) is 35.9 Å². The summed E-state index contributed by atoms with van der Waals surface area (Å²) in [4.78, 5) is 0. The predicted molar refractivity (Wildman–Crippen MR) is 104 cm³/mol. The molecule has 2 rings (SSSR count). The van der Waals surface area contributed by atoms with Gasteiger partial charge in [-0.3, -0.25) is 10.9 Å². The second-order valence-corrected chi connectivity index (χ2v) is 7.08. The minimum absolute atomic E-state index is 0.436. The van der Waals surface area contributed by atoms with Gasteiger partial charge in [-0.05, 0) is 48.3 Å². The van der Waals surface area contributed by atoms with Crippen molar-refractivity contribution in [2.75, 3.05) is 0 Å². The van der Waals surface area contributed by atoms with E-state index in [0.717, 1.165) is 5.92 Å². The van der Waals surface area contributed by atoms with E-state index in [1.54, 1.807) is 0 Å². The first-order chi connectivity index (χ1) is 11.1. The second kappa shape index (κ2) is 9.03. The molecule has 126 valence electrons. The molecule has 0 saturated heterocycles. The van der Waals surface area contributed by atoms with Crippen molar-refractivity contribution in [2.24, 2.45) is 11.8 Å². The molecule has 3 atom stereocenters. The minimum atomic E-state index is 0.436. The minimum Gasteiger partial charge on any atom is -0.358 e. The van der Waals surface area contributed by atoms with E-state index in [4.69, 9.17) is 24.4 Å². The van der Waals surface area contributed by atoms with Gasteiger partial charge in [-0.2, -0.15) is 0 Å². The zero-order valence-electron chi connectivity index (χ0n) is 13.8. The molecule has 1 fully saturated rings. The van der Waals surface area contributed by atoms with Crippen molar-refractivity contribution in [1.29, 1.82) is 0 Å². The van der Waals surface area contributed by atoms with Crippen LogP contribution in [0, 0.1) is 11.8 Å². The summed E-state index contributed by atoms with van der Waals surface area (Å²) in [7, 11) is 0. The average Bonchev–Trinajstić information content (AvgIpc) is 2.56. The third kappa shape index (κ3) is 5.95. The lowest BCUT2D eigenvalue weighted by molar-refractivity contribution is 0.224. The maximum Gasteiger partial charge on any atom is 0.185 e. The zero-order chi connectivity index (χ0) is 16.7. The highest BCUT2D eigenvalue weighted by molar-refractivity contribution is 7.80. The standard InChI is InChI=1S/C17H26N4S2/c1-12-7-6-10-15(13(12)2)19-17(23)21-20-16(22)18-11-14-8-4-3-5-9-14/h3-5,8-9,12-13,15H,6-7,10-11H2,1-2H3,(H2,18,20,22)(H2,19,21,23)/t12-,13-,15-/m1/s1. The Hall–Kier alpha value is -1.40. The number of thiocarbonyl (C=S) groups is 2. The molecule has 0 amide bonds. The number of hydrazine groups is 1. The van der Waals surface area contributed by atoms with Crippen LogP contribution in [0.1, 0.15) is 38.7 Å². The van der Waals surface area contributed by atoms with E-state index < -0.39 is 0 Å². The molecule has 4 N–H and O–H groups in total. The quantitative estimate of drug-likeness (QED) is 0.497. The Morgan fingerprint density at radius 2 is 1.74 bits per heavy atom. The Labute approximate surface area is 149 Å². The van der Waals surface area contributed by atoms with Crippen LogP contribution in [0.15, 0.2) is 30.3 Å². The van der Waals surface area contributed by atoms with E-state index in [0.29, 0.717) is 28.7 Å². The third-order valence-corrected chi connectivity index (χ3v) is 5.08. The van der Waals surface area contributed by atoms with Crippen LogP contribution in [0.2, 0.25) is 0 Å². The molecule has 0 spiro atoms. The van der Waals surface area contributed by atoms with Crippen molar-refractivity contribution in [1.82, 2.24) is 21.5 Å². The molecular weight excluding hydrogens is 324 g/mol. The molecule has 23 heavy (non-hydrogen) atoms. The van der Waals surface area contributed by atoms with Crippen LogP contribution < -0.4 is 21.5 Å². The van der Waals surface area contributed by atoms with E-state index in [9.17, 15) is 0 Å². The Morgan fingerprint density at radius 1 is 1.04 bits per heavy atom. The Bertz CT molecular complexity index is 521. The highest BCUT2D eigenvalue weighted by Gasteiger charge is 2.27. The van der Waals surface area contributed by atoms with Crippen LogP contribution in [0.5, 0.6) is 0 Å². The molecule has 1 aliphatic rings. The molecule has 0 aromatic heterocycles. The summed E-state index contributed by atoms with van der Waals surface area (Å²) in [5, 5.41) is 7.67. The number of rotatable bonds is 3. The topological polar surface area (TPSA) is 48.1 Å². The van der Waals surface area contributed by atoms with Crippen molar-refractivity contribution < 1.29 is 0 Å². The zero-order valence-corrected chi connectivity index (χ0v) is 15.4. The van der Waals surface area contributed by atoms with Crippen LogP contribution in [-0.2, 0) is 6.54 Å². The van der Waals surface area contributed by atoms with Gasteiger partial charge in [0.25, 0.3) is 0 Å². The monoisotopic (exact) mass is 350 g/mol. The highest BCUT2D eigenvalue weighted by atomic mass is 32.1. The molecule has 0 radical (unpaired) electrons. The molecule has 0 unspecified atom stereocenters. The van der Waals surface area contributed by atoms with Crippen LogP contribution in [0.3, 0.4) is 0 Å². The molecule has 0 bridgehead atoms. The Morgan fingerprint density at radius 3 is 2.48 bits per heavy atom. The van der Waals surface area contributed by atoms with Gasteiger partial charge in [0.1, 0.15) is 0 Å². The normalized spacial score (nSPS) is 23.7. The van der Waals surface area contributed by atoms with Crippen LogP contribution in [0.4, 0.5) is 0 Å². The fraction of sp³-hybridized carbons (Fsp3) is 0.529. The van der Waals surface area contributed by atoms with Crippen molar-refractivity contribution in [2.45, 2.75) is 45.7 Å². The number of benzene rings is 1. The summed E-state index contributed by atoms with van der Waals surface area (Å²) >= 11 is 10.6. The van der Waals surface area contributed by atoms with Crippen LogP contribution >= 0.6 is 24.4 Å². The van der Waals surface area contributed by atoms with E-state index >= 15 is 0 Å². The Balaban J connectivity index is 1.66. The summed E-state index contributed by atoms with van der Waals surface area (Å²) < 4.78 is 0. The molecule has 6 heteroatoms. The third-order valence-electron chi connectivity index (χ3n) is 4.61. The maximum atomic E-state index is 5.35. The smallest absolute Gasteiger partial charge is 0.185 e. The van der Waals surface area contributed by atoms with Gasteiger partial charge in [0.15, 0.2) is 10.2 Å². The van der Waals surface area contributed by atoms with Crippen LogP contribution in [-0.4, -0.2) is 16.3 Å². The molecule has 1 saturated carbocycles. The molecular formula is C17H26N4S2. The molecule has 0 heterocycles. The fourth-order valence-electron chi connectivity index (χ4n) is 2.93. The van der Waals surface area contributed by atoms with Gasteiger partial charge in [-0.15, -0.1) is 0 Å². The Kier molecular flexibility index (Phi) is 7.05. The fourth-order valence-corrected chi connectivity index (χ4v) is 3.25. The lowest BCUT2D eigenvalue weighted by Gasteiger charge is -2.35. The number of hydrogen-bond donors (Lipinski definition) is 4. The van der Waals surface area contributed by atoms with E-state index in [1.807, 2.05) is 18.2 Å². The van der Waals surface area contributed by atoms with Gasteiger partial charge in [-0.1, -0.05) is 57.0 Å². The largest absolute Gasteiger partial charge is 0.358 e. The summed E-state index contributed by atoms with van der Waals surface area (Å²) in [5.74, 6) is 1.37. The summed E-state index contributed by atoms with van der Waals surface area (Å²) in [6.07, 6.45) is 3.74. The second-order valence-electron chi connectivity index (χ2n) is 6.27. The molecule has 0 aliphatic heterocycles. The van der Waals surface area contributed by atoms with Gasteiger partial charge in [0.2, 0.25) is 0 Å². The van der Waals surface area contributed by atoms with Gasteiger partial charge >= 0.3 is 0 Å². The number of nitrogens with one attached hydrogen (secondary N) is 4. The van der Waals surface area contributed by atoms with E-state index in [-0.39, 0.29) is 0 Å². The lowest BCUT2D eigenvalue weighted by atomic mass is 9.78. The molecule has 1 aliphatic carbocycles. The predicted octanol–water partition coefficient (Wildman–Crippen LogP) is 2.85. The van der Waals surface area contributed by atoms with Gasteiger partial charge in [-0.25, -0.2) is 0 Å². The van der Waals surface area contributed by atoms with Crippen molar-refractivity contribution in [3.63, 3.8) is 0 Å². The van der Waals surface area contributed by atoms with Gasteiger partial charge in [0, 0.05) is 12.6 Å². The molecule has 1 aromatic rings. The van der Waals surface area contributed by atoms with Gasteiger partial charge < -0.3 is 10.6 Å². The SMILES string of the molecule is C[C@@H]1[C@H](C)CCC[C@H]1NC(=S)NNC(=S)NCc1ccccc1. The lowest BCUT2D eigenvalue weighted by Crippen LogP contribution is -2.54. The number of hydrogen-bond acceptors (Lipinski definition) is 2. The summed E-state index contributed by atoms with van der Waals surface area (Å²) in [6, 6.07) is 10.6. The molecule has 4 nitrogen and oxygen atoms in total. The van der Waals surface area contributed by atoms with E-state index in [2.05, 4.69) is 47.5 Å². The van der Waals surface area contributed by atoms with E-state index in [1.165, 1.54) is 24.8 Å². The maximum absolute atomic E-state index is 5.35. The first-order valence-corrected chi connectivity index (χ1v) is 9.02. The first-order valence-electron chi connectivity index (χ1n) is 8.20. The average molecular weight is 351 g/mol. The first kappa shape index (κ1) is 17.9. The summed E-state index contributed by atoms with van der Waals surface area (Å²) in [5.41, 5.74) is 7.09. The highest BCUT2D eigenvalue weighted by Crippen LogP contribution is 2.29. The van der Waals surface area contributed by atoms with Crippen molar-refractivity contribution >= 4 is 34.7 Å². The van der Waals surface area contributed by atoms with Crippen LogP contribution in [0.25, 0.3) is 0 Å². The van der Waals surface area contributed by atoms with Crippen molar-refractivity contribution in [3.8, 4) is 0 Å².